The highest BCUT2D eigenvalue weighted by atomic mass is 19.1. The molecule has 2 aromatic heterocycles. The van der Waals surface area contributed by atoms with E-state index >= 15 is 0 Å². The Bertz CT molecular complexity index is 1190. The Hall–Kier alpha value is -3.26. The van der Waals surface area contributed by atoms with Crippen molar-refractivity contribution in [2.24, 2.45) is 7.05 Å². The Morgan fingerprint density at radius 1 is 1.12 bits per heavy atom. The summed E-state index contributed by atoms with van der Waals surface area (Å²) in [4.78, 5) is 23.1. The molecule has 178 valence electrons. The maximum absolute atomic E-state index is 14.3. The molecule has 1 saturated carbocycles. The molecule has 1 aliphatic heterocycles. The van der Waals surface area contributed by atoms with Crippen LogP contribution in [0.25, 0.3) is 11.3 Å². The van der Waals surface area contributed by atoms with Gasteiger partial charge in [-0.1, -0.05) is 31.4 Å². The molecular weight excluding hydrogens is 433 g/mol. The second-order valence-corrected chi connectivity index (χ2v) is 9.10. The zero-order chi connectivity index (χ0) is 23.5. The van der Waals surface area contributed by atoms with E-state index in [-0.39, 0.29) is 17.2 Å². The van der Waals surface area contributed by atoms with E-state index in [4.69, 9.17) is 4.74 Å². The second kappa shape index (κ2) is 9.93. The van der Waals surface area contributed by atoms with Crippen LogP contribution in [0.1, 0.15) is 43.8 Å². The molecule has 1 aromatic carbocycles. The Morgan fingerprint density at radius 3 is 2.68 bits per heavy atom. The molecule has 1 atom stereocenters. The van der Waals surface area contributed by atoms with Gasteiger partial charge in [0.15, 0.2) is 5.82 Å². The quantitative estimate of drug-likeness (QED) is 0.608. The summed E-state index contributed by atoms with van der Waals surface area (Å²) in [7, 11) is 1.69. The summed E-state index contributed by atoms with van der Waals surface area (Å²) in [6, 6.07) is 11.9. The van der Waals surface area contributed by atoms with Crippen LogP contribution in [0.2, 0.25) is 0 Å². The lowest BCUT2D eigenvalue weighted by molar-refractivity contribution is 0.0390. The van der Waals surface area contributed by atoms with Crippen LogP contribution < -0.4 is 15.8 Å². The van der Waals surface area contributed by atoms with E-state index in [0.29, 0.717) is 37.4 Å². The van der Waals surface area contributed by atoms with Gasteiger partial charge in [0.25, 0.3) is 5.56 Å². The van der Waals surface area contributed by atoms with Crippen LogP contribution in [-0.4, -0.2) is 40.3 Å². The molecule has 0 bridgehead atoms. The highest BCUT2D eigenvalue weighted by Crippen LogP contribution is 2.28. The van der Waals surface area contributed by atoms with Gasteiger partial charge in [0.2, 0.25) is 5.95 Å². The number of pyridine rings is 1. The number of nitrogens with one attached hydrogen (secondary N) is 1. The number of hydrogen-bond acceptors (Lipinski definition) is 6. The number of anilines is 2. The number of aromatic nitrogens is 3. The molecule has 0 amide bonds. The summed E-state index contributed by atoms with van der Waals surface area (Å²) in [6.45, 7) is 1.66. The van der Waals surface area contributed by atoms with Gasteiger partial charge in [-0.25, -0.2) is 9.37 Å². The fraction of sp³-hybridized carbons (Fsp3) is 0.423. The van der Waals surface area contributed by atoms with Crippen LogP contribution in [0.3, 0.4) is 0 Å². The van der Waals surface area contributed by atoms with E-state index < -0.39 is 5.82 Å². The van der Waals surface area contributed by atoms with E-state index in [0.717, 1.165) is 17.4 Å². The molecule has 5 rings (SSSR count). The number of benzene rings is 1. The maximum atomic E-state index is 14.3. The molecule has 3 aromatic rings. The lowest BCUT2D eigenvalue weighted by Crippen LogP contribution is -2.41. The first kappa shape index (κ1) is 22.5. The lowest BCUT2D eigenvalue weighted by Gasteiger charge is -2.34. The third-order valence-corrected chi connectivity index (χ3v) is 6.77. The summed E-state index contributed by atoms with van der Waals surface area (Å²) in [5.41, 5.74) is 2.55. The van der Waals surface area contributed by atoms with Gasteiger partial charge in [-0.05, 0) is 36.6 Å². The average Bonchev–Trinajstić information content (AvgIpc) is 2.87. The number of morpholine rings is 1. The van der Waals surface area contributed by atoms with E-state index in [1.54, 1.807) is 7.05 Å². The number of nitrogens with zero attached hydrogens (tertiary/aromatic N) is 4. The molecule has 1 aliphatic carbocycles. The minimum atomic E-state index is -0.504. The van der Waals surface area contributed by atoms with Crippen LogP contribution in [-0.2, 0) is 11.8 Å². The molecule has 8 heteroatoms. The van der Waals surface area contributed by atoms with Crippen molar-refractivity contribution in [1.29, 1.82) is 0 Å². The van der Waals surface area contributed by atoms with Crippen LogP contribution in [0.4, 0.5) is 16.0 Å². The Kier molecular flexibility index (Phi) is 6.58. The highest BCUT2D eigenvalue weighted by molar-refractivity contribution is 5.60. The molecule has 0 radical (unpaired) electrons. The normalized spacial score (nSPS) is 19.2. The van der Waals surface area contributed by atoms with Crippen molar-refractivity contribution in [2.45, 2.75) is 44.2 Å². The van der Waals surface area contributed by atoms with Crippen LogP contribution in [0, 0.1) is 5.82 Å². The van der Waals surface area contributed by atoms with E-state index in [1.165, 1.54) is 55.0 Å². The molecule has 0 unspecified atom stereocenters. The van der Waals surface area contributed by atoms with Crippen LogP contribution in [0.15, 0.2) is 53.6 Å². The fourth-order valence-electron chi connectivity index (χ4n) is 4.84. The van der Waals surface area contributed by atoms with Crippen molar-refractivity contribution < 1.29 is 9.13 Å². The van der Waals surface area contributed by atoms with Gasteiger partial charge >= 0.3 is 0 Å². The van der Waals surface area contributed by atoms with Crippen LogP contribution >= 0.6 is 0 Å². The Morgan fingerprint density at radius 2 is 1.91 bits per heavy atom. The monoisotopic (exact) mass is 463 g/mol. The minimum Gasteiger partial charge on any atom is -0.382 e. The van der Waals surface area contributed by atoms with Crippen molar-refractivity contribution in [3.8, 4) is 11.3 Å². The first-order valence-electron chi connectivity index (χ1n) is 12.0. The number of ether oxygens (including phenoxy) is 1. The third kappa shape index (κ3) is 4.82. The smallest absolute Gasteiger partial charge is 0.255 e. The largest absolute Gasteiger partial charge is 0.382 e. The zero-order valence-corrected chi connectivity index (χ0v) is 19.4. The fourth-order valence-corrected chi connectivity index (χ4v) is 4.84. The summed E-state index contributed by atoms with van der Waals surface area (Å²) in [5, 5.41) is 3.65. The number of rotatable bonds is 5. The van der Waals surface area contributed by atoms with E-state index in [1.807, 2.05) is 4.90 Å². The first-order valence-corrected chi connectivity index (χ1v) is 12.0. The highest BCUT2D eigenvalue weighted by Gasteiger charge is 2.25. The van der Waals surface area contributed by atoms with Gasteiger partial charge in [0.05, 0.1) is 25.0 Å². The van der Waals surface area contributed by atoms with Crippen molar-refractivity contribution in [2.75, 3.05) is 29.9 Å². The van der Waals surface area contributed by atoms with Gasteiger partial charge in [-0.2, -0.15) is 0 Å². The molecule has 2 fully saturated rings. The third-order valence-electron chi connectivity index (χ3n) is 6.77. The molecular formula is C26H30FN5O2. The summed E-state index contributed by atoms with van der Waals surface area (Å²) in [6.07, 6.45) is 8.89. The van der Waals surface area contributed by atoms with E-state index in [9.17, 15) is 9.18 Å². The van der Waals surface area contributed by atoms with Crippen molar-refractivity contribution in [3.05, 3.63) is 70.5 Å². The second-order valence-electron chi connectivity index (χ2n) is 9.10. The van der Waals surface area contributed by atoms with Crippen molar-refractivity contribution in [3.63, 3.8) is 0 Å². The molecule has 34 heavy (non-hydrogen) atoms. The lowest BCUT2D eigenvalue weighted by atomic mass is 9.95. The molecule has 1 saturated heterocycles. The Labute approximate surface area is 198 Å². The van der Waals surface area contributed by atoms with Crippen molar-refractivity contribution >= 4 is 11.6 Å². The van der Waals surface area contributed by atoms with Gasteiger partial charge in [0.1, 0.15) is 6.10 Å². The SMILES string of the molecule is Cn1c(N2CCO[C@@H](c3ccc(NC4CCCCC4)cc3)C2)nc(-c2ccncc2F)cc1=O. The number of halogens is 1. The minimum absolute atomic E-state index is 0.143. The Balaban J connectivity index is 1.34. The zero-order valence-electron chi connectivity index (χ0n) is 19.4. The molecule has 7 nitrogen and oxygen atoms in total. The van der Waals surface area contributed by atoms with E-state index in [2.05, 4.69) is 39.6 Å². The van der Waals surface area contributed by atoms with Gasteiger partial charge in [-0.15, -0.1) is 0 Å². The summed E-state index contributed by atoms with van der Waals surface area (Å²) < 4.78 is 21.9. The molecule has 2 aliphatic rings. The summed E-state index contributed by atoms with van der Waals surface area (Å²) >= 11 is 0. The molecule has 0 spiro atoms. The average molecular weight is 464 g/mol. The van der Waals surface area contributed by atoms with Gasteiger partial charge in [-0.3, -0.25) is 14.3 Å². The van der Waals surface area contributed by atoms with Crippen molar-refractivity contribution in [1.82, 2.24) is 14.5 Å². The first-order chi connectivity index (χ1) is 16.6. The van der Waals surface area contributed by atoms with Gasteiger partial charge in [0, 0.05) is 43.1 Å². The summed E-state index contributed by atoms with van der Waals surface area (Å²) in [5.74, 6) is -0.00131. The standard InChI is InChI=1S/C26H30FN5O2/c1-31-25(33)15-23(21-11-12-28-16-22(21)27)30-26(31)32-13-14-34-24(17-32)18-7-9-20(10-8-18)29-19-5-3-2-4-6-19/h7-12,15-16,19,24,29H,2-6,13-14,17H2,1H3/t24-/m1/s1. The maximum Gasteiger partial charge on any atom is 0.255 e. The number of hydrogen-bond donors (Lipinski definition) is 1. The molecule has 3 heterocycles. The van der Waals surface area contributed by atoms with Gasteiger partial charge < -0.3 is 15.0 Å². The predicted molar refractivity (Wildman–Crippen MR) is 131 cm³/mol. The van der Waals surface area contributed by atoms with Crippen LogP contribution in [0.5, 0.6) is 0 Å². The predicted octanol–water partition coefficient (Wildman–Crippen LogP) is 4.30. The topological polar surface area (TPSA) is 72.3 Å². The molecule has 1 N–H and O–H groups in total.